The Morgan fingerprint density at radius 3 is 2.77 bits per heavy atom. The van der Waals surface area contributed by atoms with Gasteiger partial charge in [-0.1, -0.05) is 35.9 Å². The summed E-state index contributed by atoms with van der Waals surface area (Å²) in [4.78, 5) is 2.25. The van der Waals surface area contributed by atoms with E-state index in [0.717, 1.165) is 61.4 Å². The SMILES string of the molecule is CN1Cc2cc(Cl)ccc2-n2c(nnc2[C@@H]2OCc3ccccc3C23CCNCC3)C1. The van der Waals surface area contributed by atoms with E-state index in [4.69, 9.17) is 21.4 Å². The van der Waals surface area contributed by atoms with E-state index in [0.29, 0.717) is 6.61 Å². The van der Waals surface area contributed by atoms with Crippen LogP contribution >= 0.6 is 11.6 Å². The molecule has 1 fully saturated rings. The summed E-state index contributed by atoms with van der Waals surface area (Å²) in [5, 5.41) is 13.7. The number of nitrogens with zero attached hydrogens (tertiary/aromatic N) is 4. The van der Waals surface area contributed by atoms with Gasteiger partial charge in [0.05, 0.1) is 18.8 Å². The summed E-state index contributed by atoms with van der Waals surface area (Å²) < 4.78 is 8.86. The summed E-state index contributed by atoms with van der Waals surface area (Å²) in [5.41, 5.74) is 4.89. The van der Waals surface area contributed by atoms with Crippen molar-refractivity contribution in [1.29, 1.82) is 0 Å². The molecule has 2 aromatic carbocycles. The molecule has 1 saturated heterocycles. The molecule has 0 aliphatic carbocycles. The van der Waals surface area contributed by atoms with Crippen LogP contribution in [0.25, 0.3) is 5.69 Å². The highest BCUT2D eigenvalue weighted by Crippen LogP contribution is 2.51. The average molecular weight is 436 g/mol. The normalized spacial score (nSPS) is 22.5. The second-order valence-electron chi connectivity index (χ2n) is 9.01. The van der Waals surface area contributed by atoms with E-state index in [9.17, 15) is 0 Å². The number of fused-ring (bicyclic) bond motifs is 5. The maximum atomic E-state index is 6.62. The van der Waals surface area contributed by atoms with Crippen LogP contribution in [0, 0.1) is 0 Å². The summed E-state index contributed by atoms with van der Waals surface area (Å²) in [5.74, 6) is 1.86. The van der Waals surface area contributed by atoms with Gasteiger partial charge in [-0.25, -0.2) is 0 Å². The fourth-order valence-electron chi connectivity index (χ4n) is 5.68. The van der Waals surface area contributed by atoms with Crippen molar-refractivity contribution in [1.82, 2.24) is 25.0 Å². The van der Waals surface area contributed by atoms with E-state index in [1.165, 1.54) is 16.7 Å². The van der Waals surface area contributed by atoms with Crippen LogP contribution < -0.4 is 5.32 Å². The van der Waals surface area contributed by atoms with Gasteiger partial charge in [-0.2, -0.15) is 0 Å². The summed E-state index contributed by atoms with van der Waals surface area (Å²) in [7, 11) is 2.11. The van der Waals surface area contributed by atoms with Crippen molar-refractivity contribution in [2.24, 2.45) is 0 Å². The van der Waals surface area contributed by atoms with E-state index in [1.807, 2.05) is 6.07 Å². The number of piperidine rings is 1. The molecule has 0 amide bonds. The van der Waals surface area contributed by atoms with Gasteiger partial charge < -0.3 is 10.1 Å². The highest BCUT2D eigenvalue weighted by Gasteiger charge is 2.49. The Morgan fingerprint density at radius 1 is 1.06 bits per heavy atom. The molecule has 6 nitrogen and oxygen atoms in total. The van der Waals surface area contributed by atoms with Gasteiger partial charge in [-0.15, -0.1) is 10.2 Å². The van der Waals surface area contributed by atoms with Crippen LogP contribution in [0.5, 0.6) is 0 Å². The molecule has 3 aliphatic heterocycles. The number of ether oxygens (including phenoxy) is 1. The minimum atomic E-state index is -0.141. The van der Waals surface area contributed by atoms with Gasteiger partial charge in [0.2, 0.25) is 0 Å². The van der Waals surface area contributed by atoms with Crippen LogP contribution in [0.1, 0.15) is 47.3 Å². The number of halogens is 1. The third-order valence-corrected chi connectivity index (χ3v) is 7.32. The first-order valence-corrected chi connectivity index (χ1v) is 11.4. The van der Waals surface area contributed by atoms with Gasteiger partial charge in [-0.3, -0.25) is 9.47 Å². The summed E-state index contributed by atoms with van der Waals surface area (Å²) in [6, 6.07) is 14.9. The minimum Gasteiger partial charge on any atom is -0.365 e. The Morgan fingerprint density at radius 2 is 1.90 bits per heavy atom. The van der Waals surface area contributed by atoms with Crippen molar-refractivity contribution < 1.29 is 4.74 Å². The van der Waals surface area contributed by atoms with Crippen molar-refractivity contribution in [2.45, 2.75) is 44.1 Å². The first-order chi connectivity index (χ1) is 15.2. The van der Waals surface area contributed by atoms with Crippen molar-refractivity contribution in [3.63, 3.8) is 0 Å². The number of aromatic nitrogens is 3. The molecule has 160 valence electrons. The molecule has 0 bridgehead atoms. The lowest BCUT2D eigenvalue weighted by molar-refractivity contribution is -0.0522. The maximum absolute atomic E-state index is 6.62. The Hall–Kier alpha value is -2.25. The molecule has 7 heteroatoms. The number of nitrogens with one attached hydrogen (secondary N) is 1. The van der Waals surface area contributed by atoms with Crippen LogP contribution in [0.4, 0.5) is 0 Å². The fourth-order valence-corrected chi connectivity index (χ4v) is 5.88. The quantitative estimate of drug-likeness (QED) is 0.630. The Kier molecular flexibility index (Phi) is 4.65. The monoisotopic (exact) mass is 435 g/mol. The van der Waals surface area contributed by atoms with Gasteiger partial charge in [0.15, 0.2) is 11.6 Å². The van der Waals surface area contributed by atoms with Gasteiger partial charge in [0.1, 0.15) is 6.10 Å². The molecule has 1 atom stereocenters. The predicted molar refractivity (Wildman–Crippen MR) is 119 cm³/mol. The number of rotatable bonds is 1. The highest BCUT2D eigenvalue weighted by atomic mass is 35.5. The van der Waals surface area contributed by atoms with Crippen molar-refractivity contribution >= 4 is 11.6 Å². The van der Waals surface area contributed by atoms with E-state index < -0.39 is 0 Å². The first-order valence-electron chi connectivity index (χ1n) is 11.0. The highest BCUT2D eigenvalue weighted by molar-refractivity contribution is 6.30. The largest absolute Gasteiger partial charge is 0.365 e. The summed E-state index contributed by atoms with van der Waals surface area (Å²) in [6.45, 7) is 4.11. The molecule has 0 unspecified atom stereocenters. The topological polar surface area (TPSA) is 55.2 Å². The molecule has 1 aromatic heterocycles. The fraction of sp³-hybridized carbons (Fsp3) is 0.417. The van der Waals surface area contributed by atoms with Crippen molar-refractivity contribution in [3.05, 3.63) is 75.8 Å². The third kappa shape index (κ3) is 3.04. The smallest absolute Gasteiger partial charge is 0.167 e. The molecule has 31 heavy (non-hydrogen) atoms. The second kappa shape index (κ2) is 7.41. The Balaban J connectivity index is 1.55. The molecule has 1 spiro atoms. The molecular weight excluding hydrogens is 410 g/mol. The lowest BCUT2D eigenvalue weighted by Crippen LogP contribution is -2.48. The van der Waals surface area contributed by atoms with Crippen molar-refractivity contribution in [2.75, 3.05) is 20.1 Å². The standard InChI is InChI=1S/C24H26ClN5O/c1-29-13-17-12-18(25)6-7-20(17)30-21(14-29)27-28-23(30)22-24(8-10-26-11-9-24)19-5-3-2-4-16(19)15-31-22/h2-7,12,22,26H,8-11,13-15H2,1H3/t22-/m0/s1. The van der Waals surface area contributed by atoms with E-state index >= 15 is 0 Å². The third-order valence-electron chi connectivity index (χ3n) is 7.08. The van der Waals surface area contributed by atoms with E-state index in [2.05, 4.69) is 63.3 Å². The summed E-state index contributed by atoms with van der Waals surface area (Å²) >= 11 is 6.35. The average Bonchev–Trinajstić information content (AvgIpc) is 3.11. The molecule has 4 heterocycles. The van der Waals surface area contributed by atoms with Gasteiger partial charge in [0.25, 0.3) is 0 Å². The number of benzene rings is 2. The zero-order valence-corrected chi connectivity index (χ0v) is 18.4. The van der Waals surface area contributed by atoms with Gasteiger partial charge >= 0.3 is 0 Å². The second-order valence-corrected chi connectivity index (χ2v) is 9.45. The van der Waals surface area contributed by atoms with Gasteiger partial charge in [0, 0.05) is 17.0 Å². The zero-order valence-electron chi connectivity index (χ0n) is 17.6. The minimum absolute atomic E-state index is 0.102. The van der Waals surface area contributed by atoms with Crippen LogP contribution in [-0.2, 0) is 29.8 Å². The van der Waals surface area contributed by atoms with Crippen LogP contribution in [0.3, 0.4) is 0 Å². The zero-order chi connectivity index (χ0) is 21.0. The molecule has 3 aliphatic rings. The summed E-state index contributed by atoms with van der Waals surface area (Å²) in [6.07, 6.45) is 1.90. The first kappa shape index (κ1) is 19.4. The van der Waals surface area contributed by atoms with E-state index in [-0.39, 0.29) is 11.5 Å². The molecular formula is C24H26ClN5O. The van der Waals surface area contributed by atoms with Crippen molar-refractivity contribution in [3.8, 4) is 5.69 Å². The molecule has 0 radical (unpaired) electrons. The molecule has 1 N–H and O–H groups in total. The number of hydrogen-bond acceptors (Lipinski definition) is 5. The lowest BCUT2D eigenvalue weighted by atomic mass is 9.66. The predicted octanol–water partition coefficient (Wildman–Crippen LogP) is 3.76. The van der Waals surface area contributed by atoms with Gasteiger partial charge in [-0.05, 0) is 67.9 Å². The van der Waals surface area contributed by atoms with Crippen LogP contribution in [0.2, 0.25) is 5.02 Å². The van der Waals surface area contributed by atoms with Crippen LogP contribution in [-0.4, -0.2) is 39.8 Å². The Bertz CT molecular complexity index is 1140. The van der Waals surface area contributed by atoms with Crippen LogP contribution in [0.15, 0.2) is 42.5 Å². The maximum Gasteiger partial charge on any atom is 0.167 e. The Labute approximate surface area is 187 Å². The molecule has 3 aromatic rings. The van der Waals surface area contributed by atoms with E-state index in [1.54, 1.807) is 0 Å². The number of hydrogen-bond donors (Lipinski definition) is 1. The molecule has 0 saturated carbocycles. The molecule has 6 rings (SSSR count). The lowest BCUT2D eigenvalue weighted by Gasteiger charge is -2.47.